The van der Waals surface area contributed by atoms with E-state index in [9.17, 15) is 14.9 Å². The predicted octanol–water partition coefficient (Wildman–Crippen LogP) is 2.73. The van der Waals surface area contributed by atoms with Gasteiger partial charge in [0, 0.05) is 23.7 Å². The molecular formula is C17H14N6O3S. The third-order valence-corrected chi connectivity index (χ3v) is 5.18. The molecule has 2 N–H and O–H groups in total. The number of carbonyl (C=O) groups excluding carboxylic acids is 1. The SMILES string of the molecule is Cn1cnnc1Sc1ccc(C2NC(=O)c3ccccc3N2)c([N+](=O)[O-])c1. The van der Waals surface area contributed by atoms with Crippen LogP contribution < -0.4 is 10.6 Å². The lowest BCUT2D eigenvalue weighted by atomic mass is 10.0. The van der Waals surface area contributed by atoms with Crippen LogP contribution in [-0.2, 0) is 7.05 Å². The Morgan fingerprint density at radius 3 is 2.78 bits per heavy atom. The third kappa shape index (κ3) is 3.22. The number of amides is 1. The van der Waals surface area contributed by atoms with E-state index >= 15 is 0 Å². The lowest BCUT2D eigenvalue weighted by Gasteiger charge is -2.27. The van der Waals surface area contributed by atoms with Crippen LogP contribution in [0, 0.1) is 10.1 Å². The summed E-state index contributed by atoms with van der Waals surface area (Å²) in [4.78, 5) is 24.2. The second-order valence-corrected chi connectivity index (χ2v) is 6.94. The standard InChI is InChI=1S/C17H14N6O3S/c1-22-9-18-21-17(22)27-10-6-7-12(14(8-10)23(25)26)15-19-13-5-3-2-4-11(13)16(24)20-15/h2-9,15,19H,1H3,(H,20,24). The summed E-state index contributed by atoms with van der Waals surface area (Å²) in [6.45, 7) is 0. The highest BCUT2D eigenvalue weighted by Gasteiger charge is 2.29. The molecule has 1 aromatic heterocycles. The molecule has 0 aliphatic carbocycles. The van der Waals surface area contributed by atoms with Crippen LogP contribution in [0.25, 0.3) is 0 Å². The topological polar surface area (TPSA) is 115 Å². The number of fused-ring (bicyclic) bond motifs is 1. The van der Waals surface area contributed by atoms with Crippen molar-refractivity contribution in [1.82, 2.24) is 20.1 Å². The molecule has 2 heterocycles. The van der Waals surface area contributed by atoms with Gasteiger partial charge in [0.05, 0.1) is 16.1 Å². The number of rotatable bonds is 4. The first-order chi connectivity index (χ1) is 13.0. The van der Waals surface area contributed by atoms with Crippen LogP contribution in [0.2, 0.25) is 0 Å². The Labute approximate surface area is 157 Å². The zero-order valence-electron chi connectivity index (χ0n) is 14.1. The Balaban J connectivity index is 1.68. The average molecular weight is 382 g/mol. The van der Waals surface area contributed by atoms with Gasteiger partial charge >= 0.3 is 0 Å². The van der Waals surface area contributed by atoms with Gasteiger partial charge in [0.15, 0.2) is 5.16 Å². The van der Waals surface area contributed by atoms with Crippen molar-refractivity contribution >= 4 is 29.0 Å². The smallest absolute Gasteiger partial charge is 0.277 e. The first-order valence-corrected chi connectivity index (χ1v) is 8.81. The highest BCUT2D eigenvalue weighted by molar-refractivity contribution is 7.99. The van der Waals surface area contributed by atoms with E-state index in [2.05, 4.69) is 20.8 Å². The minimum absolute atomic E-state index is 0.0839. The summed E-state index contributed by atoms with van der Waals surface area (Å²) in [7, 11) is 1.80. The molecule has 0 spiro atoms. The lowest BCUT2D eigenvalue weighted by molar-refractivity contribution is -0.385. The summed E-state index contributed by atoms with van der Waals surface area (Å²) in [5, 5.41) is 25.9. The first-order valence-electron chi connectivity index (χ1n) is 7.99. The van der Waals surface area contributed by atoms with E-state index in [1.165, 1.54) is 17.8 Å². The number of hydrogen-bond donors (Lipinski definition) is 2. The predicted molar refractivity (Wildman–Crippen MR) is 98.5 cm³/mol. The van der Waals surface area contributed by atoms with Crippen LogP contribution in [0.3, 0.4) is 0 Å². The molecule has 136 valence electrons. The highest BCUT2D eigenvalue weighted by Crippen LogP contribution is 2.35. The van der Waals surface area contributed by atoms with Crippen LogP contribution in [0.5, 0.6) is 0 Å². The summed E-state index contributed by atoms with van der Waals surface area (Å²) < 4.78 is 1.73. The largest absolute Gasteiger partial charge is 0.361 e. The van der Waals surface area contributed by atoms with Crippen molar-refractivity contribution in [2.45, 2.75) is 16.2 Å². The number of aromatic nitrogens is 3. The van der Waals surface area contributed by atoms with Gasteiger partial charge in [-0.25, -0.2) is 0 Å². The van der Waals surface area contributed by atoms with Gasteiger partial charge in [-0.2, -0.15) is 0 Å². The summed E-state index contributed by atoms with van der Waals surface area (Å²) in [6.07, 6.45) is 0.867. The van der Waals surface area contributed by atoms with E-state index in [-0.39, 0.29) is 11.6 Å². The number of hydrogen-bond acceptors (Lipinski definition) is 7. The minimum atomic E-state index is -0.693. The number of nitro benzene ring substituents is 1. The molecule has 0 saturated carbocycles. The normalized spacial score (nSPS) is 15.6. The Bertz CT molecular complexity index is 1050. The molecule has 0 radical (unpaired) electrons. The highest BCUT2D eigenvalue weighted by atomic mass is 32.2. The summed E-state index contributed by atoms with van der Waals surface area (Å²) >= 11 is 1.27. The average Bonchev–Trinajstić information content (AvgIpc) is 3.06. The molecule has 27 heavy (non-hydrogen) atoms. The van der Waals surface area contributed by atoms with Gasteiger partial charge in [-0.1, -0.05) is 12.1 Å². The molecule has 1 unspecified atom stereocenters. The number of nitro groups is 1. The van der Waals surface area contributed by atoms with Crippen molar-refractivity contribution < 1.29 is 9.72 Å². The van der Waals surface area contributed by atoms with E-state index < -0.39 is 11.1 Å². The van der Waals surface area contributed by atoms with Crippen LogP contribution in [0.1, 0.15) is 22.1 Å². The van der Waals surface area contributed by atoms with Crippen molar-refractivity contribution in [3.05, 3.63) is 70.0 Å². The molecular weight excluding hydrogens is 368 g/mol. The Morgan fingerprint density at radius 1 is 1.22 bits per heavy atom. The van der Waals surface area contributed by atoms with Crippen LogP contribution in [0.4, 0.5) is 11.4 Å². The Morgan fingerprint density at radius 2 is 2.04 bits per heavy atom. The zero-order chi connectivity index (χ0) is 19.0. The molecule has 9 nitrogen and oxygen atoms in total. The molecule has 1 aliphatic rings. The van der Waals surface area contributed by atoms with E-state index in [1.807, 2.05) is 0 Å². The first kappa shape index (κ1) is 17.0. The molecule has 0 fully saturated rings. The van der Waals surface area contributed by atoms with E-state index in [4.69, 9.17) is 0 Å². The molecule has 1 amide bonds. The monoisotopic (exact) mass is 382 g/mol. The van der Waals surface area contributed by atoms with Gasteiger partial charge in [-0.05, 0) is 36.0 Å². The molecule has 1 atom stereocenters. The van der Waals surface area contributed by atoms with Crippen LogP contribution in [-0.4, -0.2) is 25.6 Å². The number of nitrogens with one attached hydrogen (secondary N) is 2. The maximum absolute atomic E-state index is 12.3. The van der Waals surface area contributed by atoms with Crippen molar-refractivity contribution in [2.24, 2.45) is 7.05 Å². The maximum Gasteiger partial charge on any atom is 0.277 e. The fourth-order valence-electron chi connectivity index (χ4n) is 2.82. The lowest BCUT2D eigenvalue weighted by Crippen LogP contribution is -2.38. The van der Waals surface area contributed by atoms with Crippen LogP contribution in [0.15, 0.2) is 58.8 Å². The number of benzene rings is 2. The minimum Gasteiger partial charge on any atom is -0.361 e. The van der Waals surface area contributed by atoms with Crippen molar-refractivity contribution in [3.8, 4) is 0 Å². The number of para-hydroxylation sites is 1. The fraction of sp³-hybridized carbons (Fsp3) is 0.118. The number of aryl methyl sites for hydroxylation is 1. The molecule has 4 rings (SSSR count). The third-order valence-electron chi connectivity index (χ3n) is 4.14. The van der Waals surface area contributed by atoms with E-state index in [0.717, 1.165) is 0 Å². The number of carbonyl (C=O) groups is 1. The van der Waals surface area contributed by atoms with Gasteiger partial charge < -0.3 is 15.2 Å². The fourth-order valence-corrected chi connectivity index (χ4v) is 3.62. The van der Waals surface area contributed by atoms with Crippen molar-refractivity contribution in [2.75, 3.05) is 5.32 Å². The van der Waals surface area contributed by atoms with E-state index in [0.29, 0.717) is 26.9 Å². The molecule has 1 aliphatic heterocycles. The van der Waals surface area contributed by atoms with Gasteiger partial charge in [0.2, 0.25) is 0 Å². The molecule has 10 heteroatoms. The number of anilines is 1. The quantitative estimate of drug-likeness (QED) is 0.526. The van der Waals surface area contributed by atoms with Crippen molar-refractivity contribution in [1.29, 1.82) is 0 Å². The summed E-state index contributed by atoms with van der Waals surface area (Å²) in [5.41, 5.74) is 1.44. The van der Waals surface area contributed by atoms with Crippen LogP contribution >= 0.6 is 11.8 Å². The maximum atomic E-state index is 12.3. The molecule has 3 aromatic rings. The van der Waals surface area contributed by atoms with E-state index in [1.54, 1.807) is 54.3 Å². The van der Waals surface area contributed by atoms with Gasteiger partial charge in [-0.3, -0.25) is 14.9 Å². The molecule has 0 bridgehead atoms. The number of nitrogens with zero attached hydrogens (tertiary/aromatic N) is 4. The Kier molecular flexibility index (Phi) is 4.24. The second kappa shape index (κ2) is 6.72. The molecule has 2 aromatic carbocycles. The Hall–Kier alpha value is -3.40. The van der Waals surface area contributed by atoms with Gasteiger partial charge in [-0.15, -0.1) is 10.2 Å². The summed E-state index contributed by atoms with van der Waals surface area (Å²) in [6, 6.07) is 11.9. The van der Waals surface area contributed by atoms with Gasteiger partial charge in [0.25, 0.3) is 11.6 Å². The molecule has 0 saturated heterocycles. The van der Waals surface area contributed by atoms with Crippen molar-refractivity contribution in [3.63, 3.8) is 0 Å². The zero-order valence-corrected chi connectivity index (χ0v) is 14.9. The summed E-state index contributed by atoms with van der Waals surface area (Å²) in [5.74, 6) is -0.277. The second-order valence-electron chi connectivity index (χ2n) is 5.90. The van der Waals surface area contributed by atoms with Gasteiger partial charge in [0.1, 0.15) is 12.5 Å².